The smallest absolute Gasteiger partial charge is 0.251 e. The zero-order valence-corrected chi connectivity index (χ0v) is 12.5. The number of hydrogen-bond acceptors (Lipinski definition) is 3. The minimum Gasteiger partial charge on any atom is -0.387 e. The molecule has 3 nitrogen and oxygen atoms in total. The van der Waals surface area contributed by atoms with Gasteiger partial charge in [-0.1, -0.05) is 0 Å². The minimum absolute atomic E-state index is 0.169. The van der Waals surface area contributed by atoms with Crippen LogP contribution in [0.25, 0.3) is 0 Å². The Morgan fingerprint density at radius 1 is 1.42 bits per heavy atom. The van der Waals surface area contributed by atoms with E-state index in [9.17, 15) is 14.3 Å². The number of thioether (sulfide) groups is 1. The Hall–Kier alpha value is -1.07. The van der Waals surface area contributed by atoms with E-state index in [-0.39, 0.29) is 18.3 Å². The van der Waals surface area contributed by atoms with Crippen LogP contribution in [0, 0.1) is 19.7 Å². The number of hydrogen-bond donors (Lipinski definition) is 2. The summed E-state index contributed by atoms with van der Waals surface area (Å²) in [7, 11) is 0. The molecule has 1 aromatic rings. The van der Waals surface area contributed by atoms with Crippen LogP contribution in [0.2, 0.25) is 0 Å². The number of aliphatic hydroxyl groups is 1. The van der Waals surface area contributed by atoms with Crippen LogP contribution in [-0.2, 0) is 0 Å². The summed E-state index contributed by atoms with van der Waals surface area (Å²) in [6.07, 6.45) is 1.89. The zero-order chi connectivity index (χ0) is 14.6. The van der Waals surface area contributed by atoms with Crippen molar-refractivity contribution in [2.45, 2.75) is 26.4 Å². The third-order valence-electron chi connectivity index (χ3n) is 2.78. The molecule has 2 N–H and O–H groups in total. The second-order valence-corrected chi connectivity index (χ2v) is 5.90. The van der Waals surface area contributed by atoms with E-state index in [1.54, 1.807) is 20.8 Å². The molecule has 0 saturated carbocycles. The predicted molar refractivity (Wildman–Crippen MR) is 77.2 cm³/mol. The Kier molecular flexibility index (Phi) is 5.38. The molecule has 0 aliphatic rings. The Morgan fingerprint density at radius 2 is 1.95 bits per heavy atom. The number of halogens is 1. The summed E-state index contributed by atoms with van der Waals surface area (Å²) in [5.41, 5.74) is 0.359. The van der Waals surface area contributed by atoms with Crippen molar-refractivity contribution in [1.82, 2.24) is 5.32 Å². The topological polar surface area (TPSA) is 49.3 Å². The van der Waals surface area contributed by atoms with Crippen LogP contribution in [0.1, 0.15) is 28.4 Å². The number of nitrogens with one attached hydrogen (secondary N) is 1. The van der Waals surface area contributed by atoms with Crippen molar-refractivity contribution >= 4 is 17.7 Å². The maximum absolute atomic E-state index is 13.5. The molecule has 0 bridgehead atoms. The number of benzene rings is 1. The molecule has 0 radical (unpaired) electrons. The van der Waals surface area contributed by atoms with Gasteiger partial charge < -0.3 is 10.4 Å². The molecule has 1 aromatic carbocycles. The van der Waals surface area contributed by atoms with Gasteiger partial charge >= 0.3 is 0 Å². The molecule has 1 rings (SSSR count). The molecule has 0 spiro atoms. The van der Waals surface area contributed by atoms with Crippen LogP contribution in [0.15, 0.2) is 12.1 Å². The molecule has 1 amide bonds. The Balaban J connectivity index is 2.74. The molecule has 5 heteroatoms. The number of carbonyl (C=O) groups is 1. The van der Waals surface area contributed by atoms with Crippen LogP contribution in [0.4, 0.5) is 4.39 Å². The minimum atomic E-state index is -0.945. The van der Waals surface area contributed by atoms with Crippen molar-refractivity contribution in [3.05, 3.63) is 34.6 Å². The Bertz CT molecular complexity index is 452. The molecular formula is C14H20FNO2S. The predicted octanol–water partition coefficient (Wildman–Crippen LogP) is 2.29. The normalized spacial score (nSPS) is 14.0. The van der Waals surface area contributed by atoms with Crippen LogP contribution in [0.3, 0.4) is 0 Å². The van der Waals surface area contributed by atoms with Gasteiger partial charge in [-0.15, -0.1) is 0 Å². The van der Waals surface area contributed by atoms with E-state index in [2.05, 4.69) is 5.32 Å². The molecule has 0 aliphatic heterocycles. The summed E-state index contributed by atoms with van der Waals surface area (Å²) in [5, 5.41) is 12.6. The van der Waals surface area contributed by atoms with E-state index in [1.807, 2.05) is 6.26 Å². The molecule has 106 valence electrons. The average Bonchev–Trinajstić information content (AvgIpc) is 2.32. The van der Waals surface area contributed by atoms with Gasteiger partial charge in [-0.3, -0.25) is 4.79 Å². The first kappa shape index (κ1) is 16.0. The fraction of sp³-hybridized carbons (Fsp3) is 0.500. The molecule has 1 atom stereocenters. The van der Waals surface area contributed by atoms with Crippen molar-refractivity contribution in [3.8, 4) is 0 Å². The summed E-state index contributed by atoms with van der Waals surface area (Å²) in [4.78, 5) is 12.0. The van der Waals surface area contributed by atoms with Gasteiger partial charge in [0, 0.05) is 17.9 Å². The number of amides is 1. The van der Waals surface area contributed by atoms with Crippen molar-refractivity contribution in [2.75, 3.05) is 18.6 Å². The summed E-state index contributed by atoms with van der Waals surface area (Å²) >= 11 is 1.51. The summed E-state index contributed by atoms with van der Waals surface area (Å²) in [6.45, 7) is 5.10. The fourth-order valence-corrected chi connectivity index (χ4v) is 2.54. The molecule has 0 saturated heterocycles. The molecule has 0 heterocycles. The maximum atomic E-state index is 13.5. The van der Waals surface area contributed by atoms with Gasteiger partial charge in [0.25, 0.3) is 5.91 Å². The van der Waals surface area contributed by atoms with Crippen LogP contribution in [0.5, 0.6) is 0 Å². The highest BCUT2D eigenvalue weighted by Crippen LogP contribution is 2.15. The monoisotopic (exact) mass is 285 g/mol. The molecular weight excluding hydrogens is 265 g/mol. The molecule has 0 fully saturated rings. The molecule has 19 heavy (non-hydrogen) atoms. The SMILES string of the molecule is CSCC(C)(O)CNC(=O)c1cc(C)c(F)c(C)c1. The Labute approximate surface area is 117 Å². The lowest BCUT2D eigenvalue weighted by molar-refractivity contribution is 0.0725. The third kappa shape index (κ3) is 4.51. The lowest BCUT2D eigenvalue weighted by Crippen LogP contribution is -2.42. The van der Waals surface area contributed by atoms with Crippen LogP contribution in [-0.4, -0.2) is 35.2 Å². The molecule has 0 aliphatic carbocycles. The highest BCUT2D eigenvalue weighted by molar-refractivity contribution is 7.98. The number of rotatable bonds is 5. The van der Waals surface area contributed by atoms with Crippen molar-refractivity contribution in [3.63, 3.8) is 0 Å². The first-order chi connectivity index (χ1) is 8.76. The first-order valence-corrected chi connectivity index (χ1v) is 7.42. The summed E-state index contributed by atoms with van der Waals surface area (Å²) in [5.74, 6) is -0.0483. The van der Waals surface area contributed by atoms with Crippen LogP contribution < -0.4 is 5.32 Å². The Morgan fingerprint density at radius 3 is 2.42 bits per heavy atom. The van der Waals surface area contributed by atoms with Gasteiger partial charge in [-0.05, 0) is 50.3 Å². The summed E-state index contributed by atoms with van der Waals surface area (Å²) in [6, 6.07) is 3.03. The number of aryl methyl sites for hydroxylation is 2. The van der Waals surface area contributed by atoms with Gasteiger partial charge in [0.2, 0.25) is 0 Å². The maximum Gasteiger partial charge on any atom is 0.251 e. The van der Waals surface area contributed by atoms with Gasteiger partial charge in [-0.2, -0.15) is 11.8 Å². The van der Waals surface area contributed by atoms with E-state index >= 15 is 0 Å². The largest absolute Gasteiger partial charge is 0.387 e. The average molecular weight is 285 g/mol. The quantitative estimate of drug-likeness (QED) is 0.872. The second kappa shape index (κ2) is 6.39. The first-order valence-electron chi connectivity index (χ1n) is 6.03. The molecule has 0 aromatic heterocycles. The van der Waals surface area contributed by atoms with Crippen molar-refractivity contribution in [2.24, 2.45) is 0 Å². The fourth-order valence-electron chi connectivity index (χ4n) is 1.81. The zero-order valence-electron chi connectivity index (χ0n) is 11.7. The number of carbonyl (C=O) groups excluding carboxylic acids is 1. The lowest BCUT2D eigenvalue weighted by Gasteiger charge is -2.22. The van der Waals surface area contributed by atoms with E-state index in [0.717, 1.165) is 0 Å². The van der Waals surface area contributed by atoms with Gasteiger partial charge in [-0.25, -0.2) is 4.39 Å². The van der Waals surface area contributed by atoms with Crippen LogP contribution >= 0.6 is 11.8 Å². The van der Waals surface area contributed by atoms with Crippen molar-refractivity contribution in [1.29, 1.82) is 0 Å². The molecule has 1 unspecified atom stereocenters. The highest BCUT2D eigenvalue weighted by Gasteiger charge is 2.21. The van der Waals surface area contributed by atoms with E-state index < -0.39 is 5.60 Å². The summed E-state index contributed by atoms with van der Waals surface area (Å²) < 4.78 is 13.5. The van der Waals surface area contributed by atoms with E-state index in [4.69, 9.17) is 0 Å². The highest BCUT2D eigenvalue weighted by atomic mass is 32.2. The van der Waals surface area contributed by atoms with Crippen molar-refractivity contribution < 1.29 is 14.3 Å². The standard InChI is InChI=1S/C14H20FNO2S/c1-9-5-11(6-10(2)12(9)15)13(17)16-7-14(3,18)8-19-4/h5-6,18H,7-8H2,1-4H3,(H,16,17). The van der Waals surface area contributed by atoms with E-state index in [1.165, 1.54) is 23.9 Å². The van der Waals surface area contributed by atoms with Gasteiger partial charge in [0.05, 0.1) is 5.60 Å². The van der Waals surface area contributed by atoms with Gasteiger partial charge in [0.1, 0.15) is 5.82 Å². The van der Waals surface area contributed by atoms with E-state index in [0.29, 0.717) is 22.4 Å². The third-order valence-corrected chi connectivity index (χ3v) is 3.69. The van der Waals surface area contributed by atoms with Gasteiger partial charge in [0.15, 0.2) is 0 Å². The lowest BCUT2D eigenvalue weighted by atomic mass is 10.1. The second-order valence-electron chi connectivity index (χ2n) is 5.04.